The summed E-state index contributed by atoms with van der Waals surface area (Å²) in [4.78, 5) is 39.9. The van der Waals surface area contributed by atoms with Gasteiger partial charge in [-0.15, -0.1) is 11.8 Å². The third kappa shape index (κ3) is 7.12. The number of likely N-dealkylation sites (tertiary alicyclic amines) is 1. The highest BCUT2D eigenvalue weighted by atomic mass is 35.5. The Labute approximate surface area is 220 Å². The number of nitrogens with zero attached hydrogens (tertiary/aromatic N) is 1. The third-order valence-corrected chi connectivity index (χ3v) is 7.58. The van der Waals surface area contributed by atoms with E-state index < -0.39 is 18.0 Å². The number of hydrogen-bond donors (Lipinski definition) is 0. The summed E-state index contributed by atoms with van der Waals surface area (Å²) in [5.74, 6) is -0.0525. The average Bonchev–Trinajstić information content (AvgIpc) is 2.89. The van der Waals surface area contributed by atoms with Crippen molar-refractivity contribution in [3.05, 3.63) is 76.3 Å². The maximum Gasteiger partial charge on any atom is 0.330 e. The molecule has 36 heavy (non-hydrogen) atoms. The predicted octanol–water partition coefficient (Wildman–Crippen LogP) is 4.74. The minimum absolute atomic E-state index is 0.0275. The largest absolute Gasteiger partial charge is 0.497 e. The van der Waals surface area contributed by atoms with Crippen LogP contribution >= 0.6 is 23.4 Å². The zero-order valence-corrected chi connectivity index (χ0v) is 22.1. The van der Waals surface area contributed by atoms with Gasteiger partial charge in [-0.3, -0.25) is 9.69 Å². The molecule has 0 radical (unpaired) electrons. The Morgan fingerprint density at radius 3 is 2.64 bits per heavy atom. The Hall–Kier alpha value is -2.81. The maximum absolute atomic E-state index is 12.8. The maximum atomic E-state index is 12.8. The van der Waals surface area contributed by atoms with Crippen LogP contribution in [-0.2, 0) is 19.1 Å². The van der Waals surface area contributed by atoms with Gasteiger partial charge in [-0.25, -0.2) is 9.59 Å². The molecule has 1 saturated heterocycles. The van der Waals surface area contributed by atoms with Gasteiger partial charge in [0.2, 0.25) is 0 Å². The van der Waals surface area contributed by atoms with E-state index in [1.165, 1.54) is 24.9 Å². The SMILES string of the molecule is CCOC(=O)/C=C1\CN([C@H](C(=O)OC)c2ccccc2Cl)CC[C@@H]1SCC(=O)c1cccc(OC)c1. The van der Waals surface area contributed by atoms with Crippen LogP contribution in [0.1, 0.15) is 35.3 Å². The summed E-state index contributed by atoms with van der Waals surface area (Å²) in [7, 11) is 2.90. The number of carbonyl (C=O) groups is 3. The molecule has 0 unspecified atom stereocenters. The molecule has 0 aromatic heterocycles. The molecule has 3 rings (SSSR count). The summed E-state index contributed by atoms with van der Waals surface area (Å²) >= 11 is 7.89. The molecule has 0 amide bonds. The second kappa shape index (κ2) is 13.5. The lowest BCUT2D eigenvalue weighted by atomic mass is 9.98. The van der Waals surface area contributed by atoms with Crippen molar-refractivity contribution in [2.45, 2.75) is 24.6 Å². The average molecular weight is 532 g/mol. The number of methoxy groups -OCH3 is 2. The van der Waals surface area contributed by atoms with E-state index >= 15 is 0 Å². The van der Waals surface area contributed by atoms with Crippen molar-refractivity contribution in [2.24, 2.45) is 0 Å². The van der Waals surface area contributed by atoms with E-state index in [1.54, 1.807) is 56.5 Å². The standard InChI is InChI=1S/C27H30ClNO6S/c1-4-35-25(31)15-19-16-29(26(27(32)34-3)21-10-5-6-11-22(21)28)13-12-24(19)36-17-23(30)18-8-7-9-20(14-18)33-2/h5-11,14-15,24,26H,4,12-13,16-17H2,1-3H3/b19-15+/t24-,26-/m0/s1. The summed E-state index contributed by atoms with van der Waals surface area (Å²) in [6.07, 6.45) is 2.10. The fourth-order valence-corrected chi connectivity index (χ4v) is 5.49. The molecule has 192 valence electrons. The van der Waals surface area contributed by atoms with Crippen LogP contribution < -0.4 is 4.74 Å². The van der Waals surface area contributed by atoms with Crippen molar-refractivity contribution >= 4 is 41.1 Å². The minimum Gasteiger partial charge on any atom is -0.497 e. The van der Waals surface area contributed by atoms with Gasteiger partial charge in [0, 0.05) is 35.0 Å². The Balaban J connectivity index is 1.81. The smallest absolute Gasteiger partial charge is 0.330 e. The van der Waals surface area contributed by atoms with Gasteiger partial charge in [-0.2, -0.15) is 0 Å². The molecule has 1 aliphatic rings. The molecule has 0 bridgehead atoms. The number of benzene rings is 2. The van der Waals surface area contributed by atoms with Crippen LogP contribution in [0.2, 0.25) is 5.02 Å². The lowest BCUT2D eigenvalue weighted by molar-refractivity contribution is -0.147. The summed E-state index contributed by atoms with van der Waals surface area (Å²) in [6, 6.07) is 13.5. The molecular formula is C27H30ClNO6S. The highest BCUT2D eigenvalue weighted by Gasteiger charge is 2.35. The molecule has 1 aliphatic heterocycles. The van der Waals surface area contributed by atoms with E-state index in [0.717, 1.165) is 5.57 Å². The van der Waals surface area contributed by atoms with Crippen LogP contribution in [0.3, 0.4) is 0 Å². The summed E-state index contributed by atoms with van der Waals surface area (Å²) in [6.45, 7) is 2.88. The first-order chi connectivity index (χ1) is 17.4. The number of thioether (sulfide) groups is 1. The first-order valence-electron chi connectivity index (χ1n) is 11.6. The molecule has 1 fully saturated rings. The second-order valence-electron chi connectivity index (χ2n) is 8.13. The third-order valence-electron chi connectivity index (χ3n) is 5.86. The number of Topliss-reactive ketones (excluding diaryl/α,β-unsaturated/α-hetero) is 1. The number of hydrogen-bond acceptors (Lipinski definition) is 8. The zero-order chi connectivity index (χ0) is 26.1. The zero-order valence-electron chi connectivity index (χ0n) is 20.6. The first kappa shape index (κ1) is 27.8. The Morgan fingerprint density at radius 2 is 1.94 bits per heavy atom. The molecule has 0 spiro atoms. The molecule has 2 aromatic rings. The van der Waals surface area contributed by atoms with Gasteiger partial charge >= 0.3 is 11.9 Å². The molecular weight excluding hydrogens is 502 g/mol. The highest BCUT2D eigenvalue weighted by Crippen LogP contribution is 2.35. The fraction of sp³-hybridized carbons (Fsp3) is 0.370. The van der Waals surface area contributed by atoms with Crippen molar-refractivity contribution in [3.8, 4) is 5.75 Å². The molecule has 1 heterocycles. The van der Waals surface area contributed by atoms with Gasteiger partial charge in [-0.1, -0.05) is 41.9 Å². The number of halogens is 1. The molecule has 0 N–H and O–H groups in total. The molecule has 0 aliphatic carbocycles. The number of carbonyl (C=O) groups excluding carboxylic acids is 3. The summed E-state index contributed by atoms with van der Waals surface area (Å²) in [5.41, 5.74) is 1.99. The first-order valence-corrected chi connectivity index (χ1v) is 13.0. The summed E-state index contributed by atoms with van der Waals surface area (Å²) in [5, 5.41) is 0.369. The van der Waals surface area contributed by atoms with Crippen molar-refractivity contribution in [2.75, 3.05) is 39.7 Å². The van der Waals surface area contributed by atoms with E-state index in [-0.39, 0.29) is 23.4 Å². The van der Waals surface area contributed by atoms with Crippen molar-refractivity contribution in [1.29, 1.82) is 0 Å². The lowest BCUT2D eigenvalue weighted by Crippen LogP contribution is -2.43. The van der Waals surface area contributed by atoms with Gasteiger partial charge in [0.1, 0.15) is 11.8 Å². The van der Waals surface area contributed by atoms with Gasteiger partial charge in [0.25, 0.3) is 0 Å². The topological polar surface area (TPSA) is 82.1 Å². The molecule has 7 nitrogen and oxygen atoms in total. The highest BCUT2D eigenvalue weighted by molar-refractivity contribution is 8.00. The fourth-order valence-electron chi connectivity index (χ4n) is 4.11. The lowest BCUT2D eigenvalue weighted by Gasteiger charge is -2.38. The Kier molecular flexibility index (Phi) is 10.4. The summed E-state index contributed by atoms with van der Waals surface area (Å²) < 4.78 is 15.5. The van der Waals surface area contributed by atoms with Crippen LogP contribution in [0.25, 0.3) is 0 Å². The van der Waals surface area contributed by atoms with Gasteiger partial charge in [0.15, 0.2) is 5.78 Å². The van der Waals surface area contributed by atoms with Gasteiger partial charge in [0.05, 0.1) is 26.6 Å². The Morgan fingerprint density at radius 1 is 1.17 bits per heavy atom. The van der Waals surface area contributed by atoms with E-state index in [4.69, 9.17) is 25.8 Å². The van der Waals surface area contributed by atoms with Crippen LogP contribution in [-0.4, -0.2) is 67.5 Å². The van der Waals surface area contributed by atoms with E-state index in [2.05, 4.69) is 0 Å². The second-order valence-corrected chi connectivity index (χ2v) is 9.73. The quantitative estimate of drug-likeness (QED) is 0.247. The van der Waals surface area contributed by atoms with E-state index in [0.29, 0.717) is 41.4 Å². The molecule has 2 aromatic carbocycles. The van der Waals surface area contributed by atoms with Crippen LogP contribution in [0.15, 0.2) is 60.2 Å². The van der Waals surface area contributed by atoms with Crippen LogP contribution in [0.4, 0.5) is 0 Å². The number of ether oxygens (including phenoxy) is 3. The van der Waals surface area contributed by atoms with Gasteiger partial charge < -0.3 is 14.2 Å². The number of esters is 2. The van der Waals surface area contributed by atoms with Crippen molar-refractivity contribution < 1.29 is 28.6 Å². The Bertz CT molecular complexity index is 1120. The van der Waals surface area contributed by atoms with E-state index in [9.17, 15) is 14.4 Å². The van der Waals surface area contributed by atoms with Crippen LogP contribution in [0.5, 0.6) is 5.75 Å². The molecule has 2 atom stereocenters. The number of piperidine rings is 1. The van der Waals surface area contributed by atoms with E-state index in [1.807, 2.05) is 11.0 Å². The molecule has 0 saturated carbocycles. The van der Waals surface area contributed by atoms with Gasteiger partial charge in [-0.05, 0) is 42.7 Å². The van der Waals surface area contributed by atoms with Crippen LogP contribution in [0, 0.1) is 0 Å². The number of ketones is 1. The minimum atomic E-state index is -0.723. The van der Waals surface area contributed by atoms with Crippen molar-refractivity contribution in [1.82, 2.24) is 4.90 Å². The molecule has 9 heteroatoms. The normalized spacial score (nSPS) is 17.9. The predicted molar refractivity (Wildman–Crippen MR) is 141 cm³/mol. The van der Waals surface area contributed by atoms with Crippen molar-refractivity contribution in [3.63, 3.8) is 0 Å². The monoisotopic (exact) mass is 531 g/mol. The number of rotatable bonds is 10.